The molecular weight excluding hydrogens is 768 g/mol. The molecule has 5 aromatic carbocycles. The molecule has 0 N–H and O–H groups in total. The predicted octanol–water partition coefficient (Wildman–Crippen LogP) is 9.22. The highest BCUT2D eigenvalue weighted by Crippen LogP contribution is 2.34. The van der Waals surface area contributed by atoms with Gasteiger partial charge in [0.25, 0.3) is 0 Å². The zero-order chi connectivity index (χ0) is 40.7. The van der Waals surface area contributed by atoms with Crippen molar-refractivity contribution in [2.75, 3.05) is 18.5 Å². The van der Waals surface area contributed by atoms with Crippen LogP contribution in [0.1, 0.15) is 70.6 Å². The zero-order valence-corrected chi connectivity index (χ0v) is 31.7. The van der Waals surface area contributed by atoms with E-state index in [1.165, 1.54) is 24.6 Å². The number of likely N-dealkylation sites (N-methyl/N-ethyl adjacent to an activating group) is 1. The Morgan fingerprint density at radius 3 is 1.84 bits per heavy atom. The molecule has 0 atom stereocenters. The third kappa shape index (κ3) is 9.51. The second-order valence-electron chi connectivity index (χ2n) is 13.7. The molecule has 14 heteroatoms. The molecule has 0 unspecified atom stereocenters. The van der Waals surface area contributed by atoms with E-state index >= 15 is 0 Å². The first-order valence-electron chi connectivity index (χ1n) is 18.2. The molecule has 5 aromatic rings. The molecule has 8 nitrogen and oxygen atoms in total. The third-order valence-electron chi connectivity index (χ3n) is 9.84. The van der Waals surface area contributed by atoms with Crippen LogP contribution in [0.2, 0.25) is 0 Å². The molecule has 57 heavy (non-hydrogen) atoms. The summed E-state index contributed by atoms with van der Waals surface area (Å²) in [5.74, 6) is -13.8. The number of anilines is 1. The summed E-state index contributed by atoms with van der Waals surface area (Å²) in [5, 5.41) is 0. The molecule has 1 aliphatic rings. The van der Waals surface area contributed by atoms with Crippen molar-refractivity contribution in [1.29, 1.82) is 0 Å². The molecule has 1 saturated carbocycles. The number of sulfonamides is 1. The first-order chi connectivity index (χ1) is 27.3. The summed E-state index contributed by atoms with van der Waals surface area (Å²) in [5.41, 5.74) is 3.29. The summed E-state index contributed by atoms with van der Waals surface area (Å²) in [4.78, 5) is 26.9. The molecule has 0 spiro atoms. The molecular formula is C43H39F5N2O6S. The Balaban J connectivity index is 1.35. The summed E-state index contributed by atoms with van der Waals surface area (Å²) in [7, 11) is -4.69. The van der Waals surface area contributed by atoms with Gasteiger partial charge in [-0.2, -0.15) is 4.31 Å². The van der Waals surface area contributed by atoms with Crippen LogP contribution >= 0.6 is 0 Å². The highest BCUT2D eigenvalue weighted by Gasteiger charge is 2.37. The summed E-state index contributed by atoms with van der Waals surface area (Å²) in [6, 6.07) is 29.9. The van der Waals surface area contributed by atoms with Crippen molar-refractivity contribution in [1.82, 2.24) is 4.31 Å². The minimum absolute atomic E-state index is 0.0628. The highest BCUT2D eigenvalue weighted by molar-refractivity contribution is 7.89. The third-order valence-corrected chi connectivity index (χ3v) is 11.7. The number of rotatable bonds is 14. The van der Waals surface area contributed by atoms with Crippen molar-refractivity contribution >= 4 is 27.6 Å². The number of amides is 1. The first-order valence-corrected chi connectivity index (χ1v) is 19.7. The SMILES string of the molecule is CN(CC(=O)N(Cc1ccc(C2CCCCC2)cc1)c1ccc(OCc2ccccc2)c(C(=O)OCc2ccccc2)c1)S(=O)(=O)c1c(F)c(F)c(F)c(F)c1F. The summed E-state index contributed by atoms with van der Waals surface area (Å²) in [6.45, 7) is -1.27. The van der Waals surface area contributed by atoms with E-state index in [1.54, 1.807) is 24.3 Å². The second kappa shape index (κ2) is 18.1. The number of hydrogen-bond acceptors (Lipinski definition) is 6. The van der Waals surface area contributed by atoms with Gasteiger partial charge in [0, 0.05) is 12.7 Å². The molecule has 0 radical (unpaired) electrons. The fraction of sp³-hybridized carbons (Fsp3) is 0.256. The van der Waals surface area contributed by atoms with E-state index in [2.05, 4.69) is 0 Å². The number of esters is 1. The lowest BCUT2D eigenvalue weighted by Crippen LogP contribution is -2.41. The number of carbonyl (C=O) groups is 2. The van der Waals surface area contributed by atoms with E-state index in [9.17, 15) is 40.0 Å². The first kappa shape index (κ1) is 41.0. The van der Waals surface area contributed by atoms with Gasteiger partial charge in [0.1, 0.15) is 24.5 Å². The Labute approximate surface area is 327 Å². The van der Waals surface area contributed by atoms with Crippen LogP contribution in [0.25, 0.3) is 0 Å². The standard InChI is InChI=1S/C43H39F5N2O6S/c1-49(57(53,54)42-40(47)38(45)37(44)39(46)41(42)48)25-36(51)50(24-28-17-19-32(20-18-28)31-15-9-4-10-16-31)33-21-22-35(55-26-29-11-5-2-6-12-29)34(23-33)43(52)56-27-30-13-7-3-8-14-30/h2-3,5-8,11-14,17-23,31H,4,9-10,15-16,24-27H2,1H3. The molecule has 298 valence electrons. The Morgan fingerprint density at radius 1 is 0.684 bits per heavy atom. The molecule has 0 aliphatic heterocycles. The van der Waals surface area contributed by atoms with Crippen LogP contribution in [0.15, 0.2) is 108 Å². The molecule has 0 heterocycles. The predicted molar refractivity (Wildman–Crippen MR) is 202 cm³/mol. The van der Waals surface area contributed by atoms with Crippen molar-refractivity contribution in [2.24, 2.45) is 0 Å². The smallest absolute Gasteiger partial charge is 0.342 e. The summed E-state index contributed by atoms with van der Waals surface area (Å²) < 4.78 is 110. The topological polar surface area (TPSA) is 93.2 Å². The van der Waals surface area contributed by atoms with Crippen molar-refractivity contribution < 1.29 is 49.4 Å². The summed E-state index contributed by atoms with van der Waals surface area (Å²) >= 11 is 0. The highest BCUT2D eigenvalue weighted by atomic mass is 32.2. The number of carbonyl (C=O) groups excluding carboxylic acids is 2. The van der Waals surface area contributed by atoms with Gasteiger partial charge in [0.05, 0.1) is 13.1 Å². The van der Waals surface area contributed by atoms with E-state index in [1.807, 2.05) is 60.7 Å². The van der Waals surface area contributed by atoms with Gasteiger partial charge in [0.2, 0.25) is 21.7 Å². The van der Waals surface area contributed by atoms with Gasteiger partial charge in [-0.25, -0.2) is 35.2 Å². The lowest BCUT2D eigenvalue weighted by molar-refractivity contribution is -0.118. The van der Waals surface area contributed by atoms with Crippen LogP contribution in [-0.4, -0.2) is 38.2 Å². The largest absolute Gasteiger partial charge is 0.488 e. The molecule has 1 aliphatic carbocycles. The molecule has 0 bridgehead atoms. The molecule has 0 saturated heterocycles. The van der Waals surface area contributed by atoms with Crippen LogP contribution < -0.4 is 9.64 Å². The second-order valence-corrected chi connectivity index (χ2v) is 15.7. The van der Waals surface area contributed by atoms with Gasteiger partial charge < -0.3 is 14.4 Å². The monoisotopic (exact) mass is 806 g/mol. The van der Waals surface area contributed by atoms with Crippen molar-refractivity contribution in [3.05, 3.63) is 160 Å². The Kier molecular flexibility index (Phi) is 13.0. The minimum atomic E-state index is -5.46. The average molecular weight is 807 g/mol. The van der Waals surface area contributed by atoms with Gasteiger partial charge in [-0.3, -0.25) is 4.79 Å². The molecule has 0 aromatic heterocycles. The quantitative estimate of drug-likeness (QED) is 0.0481. The Hall–Kier alpha value is -5.60. The van der Waals surface area contributed by atoms with Crippen LogP contribution in [0.5, 0.6) is 5.75 Å². The number of benzene rings is 5. The van der Waals surface area contributed by atoms with E-state index in [-0.39, 0.29) is 41.1 Å². The maximum absolute atomic E-state index is 14.7. The molecule has 1 amide bonds. The minimum Gasteiger partial charge on any atom is -0.488 e. The molecule has 6 rings (SSSR count). The van der Waals surface area contributed by atoms with Crippen LogP contribution in [0.3, 0.4) is 0 Å². The van der Waals surface area contributed by atoms with Gasteiger partial charge >= 0.3 is 5.97 Å². The Bertz CT molecular complexity index is 2300. The van der Waals surface area contributed by atoms with E-state index in [0.717, 1.165) is 48.8 Å². The molecule has 1 fully saturated rings. The van der Waals surface area contributed by atoms with Crippen LogP contribution in [0, 0.1) is 29.1 Å². The van der Waals surface area contributed by atoms with Crippen LogP contribution in [-0.2, 0) is 39.3 Å². The maximum atomic E-state index is 14.7. The lowest BCUT2D eigenvalue weighted by Gasteiger charge is -2.27. The van der Waals surface area contributed by atoms with E-state index < -0.39 is 62.4 Å². The van der Waals surface area contributed by atoms with Crippen molar-refractivity contribution in [3.8, 4) is 5.75 Å². The van der Waals surface area contributed by atoms with Gasteiger partial charge in [-0.1, -0.05) is 104 Å². The Morgan fingerprint density at radius 2 is 1.25 bits per heavy atom. The summed E-state index contributed by atoms with van der Waals surface area (Å²) in [6.07, 6.45) is 5.53. The number of halogens is 5. The van der Waals surface area contributed by atoms with E-state index in [0.29, 0.717) is 17.0 Å². The normalized spacial score (nSPS) is 13.4. The number of ether oxygens (including phenoxy) is 2. The van der Waals surface area contributed by atoms with Gasteiger partial charge in [0.15, 0.2) is 28.2 Å². The zero-order valence-electron chi connectivity index (χ0n) is 30.9. The fourth-order valence-corrected chi connectivity index (χ4v) is 7.90. The average Bonchev–Trinajstić information content (AvgIpc) is 3.23. The van der Waals surface area contributed by atoms with Gasteiger partial charge in [-0.15, -0.1) is 0 Å². The number of nitrogens with zero attached hydrogens (tertiary/aromatic N) is 2. The maximum Gasteiger partial charge on any atom is 0.342 e. The van der Waals surface area contributed by atoms with Gasteiger partial charge in [-0.05, 0) is 59.2 Å². The lowest BCUT2D eigenvalue weighted by atomic mass is 9.84. The fourth-order valence-electron chi connectivity index (χ4n) is 6.67. The van der Waals surface area contributed by atoms with Crippen molar-refractivity contribution in [2.45, 2.75) is 62.7 Å². The number of hydrogen-bond donors (Lipinski definition) is 0. The van der Waals surface area contributed by atoms with Crippen molar-refractivity contribution in [3.63, 3.8) is 0 Å². The van der Waals surface area contributed by atoms with Crippen LogP contribution in [0.4, 0.5) is 27.6 Å². The van der Waals surface area contributed by atoms with E-state index in [4.69, 9.17) is 9.47 Å².